The highest BCUT2D eigenvalue weighted by atomic mass is 35.5. The standard InChI is InChI=1S/C20H22ClN3OS/c1-24(14-6-4-3-5-7-14)18-17-16(12-26-19(17)23-20(21)22-18)13-8-10-15(25-2)11-9-13/h8-12,14H,3-7H2,1-2H3. The van der Waals surface area contributed by atoms with Gasteiger partial charge in [0, 0.05) is 24.0 Å². The van der Waals surface area contributed by atoms with E-state index in [4.69, 9.17) is 16.3 Å². The Morgan fingerprint density at radius 1 is 1.12 bits per heavy atom. The average molecular weight is 388 g/mol. The first-order valence-electron chi connectivity index (χ1n) is 8.99. The summed E-state index contributed by atoms with van der Waals surface area (Å²) in [6.07, 6.45) is 6.32. The molecule has 0 atom stereocenters. The fraction of sp³-hybridized carbons (Fsp3) is 0.400. The number of anilines is 1. The van der Waals surface area contributed by atoms with Crippen LogP contribution in [0.1, 0.15) is 32.1 Å². The third-order valence-electron chi connectivity index (χ3n) is 5.24. The first-order chi connectivity index (χ1) is 12.7. The largest absolute Gasteiger partial charge is 0.497 e. The number of thiophene rings is 1. The molecule has 2 heterocycles. The Kier molecular flexibility index (Phi) is 5.00. The van der Waals surface area contributed by atoms with Crippen molar-refractivity contribution in [1.29, 1.82) is 0 Å². The molecule has 0 unspecified atom stereocenters. The summed E-state index contributed by atoms with van der Waals surface area (Å²) in [5.41, 5.74) is 2.29. The fourth-order valence-electron chi connectivity index (χ4n) is 3.78. The number of fused-ring (bicyclic) bond motifs is 1. The zero-order valence-corrected chi connectivity index (χ0v) is 16.6. The molecule has 0 radical (unpaired) electrons. The third kappa shape index (κ3) is 3.26. The van der Waals surface area contributed by atoms with Crippen molar-refractivity contribution in [3.05, 3.63) is 34.9 Å². The number of hydrogen-bond donors (Lipinski definition) is 0. The minimum Gasteiger partial charge on any atom is -0.497 e. The monoisotopic (exact) mass is 387 g/mol. The molecule has 0 N–H and O–H groups in total. The number of benzene rings is 1. The van der Waals surface area contributed by atoms with E-state index in [1.54, 1.807) is 18.4 Å². The van der Waals surface area contributed by atoms with E-state index in [1.165, 1.54) is 32.1 Å². The van der Waals surface area contributed by atoms with Crippen molar-refractivity contribution in [2.24, 2.45) is 0 Å². The number of aromatic nitrogens is 2. The molecule has 0 amide bonds. The van der Waals surface area contributed by atoms with Crippen LogP contribution >= 0.6 is 22.9 Å². The Morgan fingerprint density at radius 2 is 1.85 bits per heavy atom. The molecule has 1 aliphatic rings. The zero-order chi connectivity index (χ0) is 18.1. The second-order valence-electron chi connectivity index (χ2n) is 6.78. The van der Waals surface area contributed by atoms with Crippen molar-refractivity contribution in [2.45, 2.75) is 38.1 Å². The molecule has 0 aliphatic heterocycles. The Balaban J connectivity index is 1.82. The SMILES string of the molecule is COc1ccc(-c2csc3nc(Cl)nc(N(C)C4CCCCC4)c23)cc1. The van der Waals surface area contributed by atoms with Gasteiger partial charge in [-0.1, -0.05) is 31.4 Å². The van der Waals surface area contributed by atoms with E-state index in [0.717, 1.165) is 32.9 Å². The molecule has 3 aromatic rings. The molecule has 0 spiro atoms. The maximum Gasteiger partial charge on any atom is 0.225 e. The van der Waals surface area contributed by atoms with E-state index >= 15 is 0 Å². The summed E-state index contributed by atoms with van der Waals surface area (Å²) in [7, 11) is 3.83. The number of rotatable bonds is 4. The van der Waals surface area contributed by atoms with Gasteiger partial charge in [0.1, 0.15) is 16.4 Å². The topological polar surface area (TPSA) is 38.3 Å². The normalized spacial score (nSPS) is 15.3. The van der Waals surface area contributed by atoms with Crippen LogP contribution in [0, 0.1) is 0 Å². The smallest absolute Gasteiger partial charge is 0.225 e. The van der Waals surface area contributed by atoms with Gasteiger partial charge < -0.3 is 9.64 Å². The predicted octanol–water partition coefficient (Wildman–Crippen LogP) is 5.79. The second-order valence-corrected chi connectivity index (χ2v) is 7.97. The summed E-state index contributed by atoms with van der Waals surface area (Å²) in [6.45, 7) is 0. The van der Waals surface area contributed by atoms with Crippen molar-refractivity contribution in [3.63, 3.8) is 0 Å². The molecule has 0 saturated heterocycles. The van der Waals surface area contributed by atoms with Crippen molar-refractivity contribution < 1.29 is 4.74 Å². The van der Waals surface area contributed by atoms with E-state index in [-0.39, 0.29) is 0 Å². The molecule has 4 nitrogen and oxygen atoms in total. The molecule has 1 aliphatic carbocycles. The number of ether oxygens (including phenoxy) is 1. The molecule has 1 saturated carbocycles. The van der Waals surface area contributed by atoms with E-state index in [1.807, 2.05) is 12.1 Å². The van der Waals surface area contributed by atoms with Crippen LogP contribution in [0.4, 0.5) is 5.82 Å². The lowest BCUT2D eigenvalue weighted by atomic mass is 9.94. The summed E-state index contributed by atoms with van der Waals surface area (Å²) < 4.78 is 5.28. The van der Waals surface area contributed by atoms with Crippen molar-refractivity contribution in [3.8, 4) is 16.9 Å². The molecule has 1 fully saturated rings. The first kappa shape index (κ1) is 17.6. The Labute approximate surface area is 162 Å². The van der Waals surface area contributed by atoms with Gasteiger partial charge in [-0.15, -0.1) is 11.3 Å². The molecule has 26 heavy (non-hydrogen) atoms. The molecular formula is C20H22ClN3OS. The highest BCUT2D eigenvalue weighted by Crippen LogP contribution is 2.40. The third-order valence-corrected chi connectivity index (χ3v) is 6.29. The lowest BCUT2D eigenvalue weighted by Crippen LogP contribution is -2.34. The van der Waals surface area contributed by atoms with Gasteiger partial charge in [-0.25, -0.2) is 4.98 Å². The molecule has 136 valence electrons. The molecule has 2 aromatic heterocycles. The lowest BCUT2D eigenvalue weighted by Gasteiger charge is -2.32. The van der Waals surface area contributed by atoms with E-state index in [2.05, 4.69) is 39.4 Å². The highest BCUT2D eigenvalue weighted by molar-refractivity contribution is 7.17. The van der Waals surface area contributed by atoms with Gasteiger partial charge in [-0.3, -0.25) is 0 Å². The number of nitrogens with zero attached hydrogens (tertiary/aromatic N) is 3. The summed E-state index contributed by atoms with van der Waals surface area (Å²) in [4.78, 5) is 12.3. The van der Waals surface area contributed by atoms with E-state index in [0.29, 0.717) is 11.3 Å². The minimum absolute atomic E-state index is 0.318. The minimum atomic E-state index is 0.318. The van der Waals surface area contributed by atoms with Crippen LogP contribution in [0.5, 0.6) is 5.75 Å². The fourth-order valence-corrected chi connectivity index (χ4v) is 4.93. The molecular weight excluding hydrogens is 366 g/mol. The van der Waals surface area contributed by atoms with Gasteiger partial charge in [0.2, 0.25) is 5.28 Å². The highest BCUT2D eigenvalue weighted by Gasteiger charge is 2.24. The first-order valence-corrected chi connectivity index (χ1v) is 10.2. The second kappa shape index (κ2) is 7.41. The van der Waals surface area contributed by atoms with Crippen LogP contribution in [0.15, 0.2) is 29.6 Å². The molecule has 0 bridgehead atoms. The van der Waals surface area contributed by atoms with Gasteiger partial charge in [-0.05, 0) is 42.1 Å². The Bertz CT molecular complexity index is 903. The molecule has 1 aromatic carbocycles. The van der Waals surface area contributed by atoms with Crippen molar-refractivity contribution in [1.82, 2.24) is 9.97 Å². The van der Waals surface area contributed by atoms with Crippen LogP contribution in [0.25, 0.3) is 21.3 Å². The van der Waals surface area contributed by atoms with Gasteiger partial charge >= 0.3 is 0 Å². The van der Waals surface area contributed by atoms with Crippen LogP contribution in [0.2, 0.25) is 5.28 Å². The van der Waals surface area contributed by atoms with Gasteiger partial charge in [0.15, 0.2) is 0 Å². The van der Waals surface area contributed by atoms with Gasteiger partial charge in [-0.2, -0.15) is 4.98 Å². The average Bonchev–Trinajstić information content (AvgIpc) is 3.11. The summed E-state index contributed by atoms with van der Waals surface area (Å²) in [5.74, 6) is 1.80. The number of hydrogen-bond acceptors (Lipinski definition) is 5. The summed E-state index contributed by atoms with van der Waals surface area (Å²) in [5, 5.41) is 3.56. The van der Waals surface area contributed by atoms with Crippen LogP contribution in [0.3, 0.4) is 0 Å². The van der Waals surface area contributed by atoms with E-state index < -0.39 is 0 Å². The molecule has 4 rings (SSSR count). The molecule has 6 heteroatoms. The Morgan fingerprint density at radius 3 is 2.54 bits per heavy atom. The van der Waals surface area contributed by atoms with Crippen LogP contribution in [-0.2, 0) is 0 Å². The summed E-state index contributed by atoms with van der Waals surface area (Å²) in [6, 6.07) is 8.65. The van der Waals surface area contributed by atoms with Crippen molar-refractivity contribution in [2.75, 3.05) is 19.1 Å². The lowest BCUT2D eigenvalue weighted by molar-refractivity contribution is 0.415. The van der Waals surface area contributed by atoms with Gasteiger partial charge in [0.25, 0.3) is 0 Å². The zero-order valence-electron chi connectivity index (χ0n) is 15.0. The predicted molar refractivity (Wildman–Crippen MR) is 110 cm³/mol. The number of halogens is 1. The maximum absolute atomic E-state index is 6.24. The van der Waals surface area contributed by atoms with Crippen LogP contribution in [-0.4, -0.2) is 30.2 Å². The van der Waals surface area contributed by atoms with Gasteiger partial charge in [0.05, 0.1) is 12.5 Å². The summed E-state index contributed by atoms with van der Waals surface area (Å²) >= 11 is 7.86. The number of methoxy groups -OCH3 is 1. The van der Waals surface area contributed by atoms with Crippen LogP contribution < -0.4 is 9.64 Å². The van der Waals surface area contributed by atoms with E-state index in [9.17, 15) is 0 Å². The maximum atomic E-state index is 6.24. The Hall–Kier alpha value is -1.85. The van der Waals surface area contributed by atoms with Crippen molar-refractivity contribution >= 4 is 39.0 Å². The quantitative estimate of drug-likeness (QED) is 0.531.